The number of amidine groups is 1. The summed E-state index contributed by atoms with van der Waals surface area (Å²) in [5.41, 5.74) is 16.2. The molecule has 7 heteroatoms. The van der Waals surface area contributed by atoms with Crippen LogP contribution in [0.25, 0.3) is 10.9 Å². The number of nitrogens with two attached hydrogens (primary N) is 2. The Morgan fingerprint density at radius 3 is 2.78 bits per heavy atom. The quantitative estimate of drug-likeness (QED) is 0.377. The highest BCUT2D eigenvalue weighted by molar-refractivity contribution is 6.06. The molecule has 1 atom stereocenters. The first-order valence-electron chi connectivity index (χ1n) is 12.5. The first kappa shape index (κ1) is 23.8. The first-order valence-corrected chi connectivity index (χ1v) is 12.5. The molecule has 0 aliphatic heterocycles. The van der Waals surface area contributed by atoms with Crippen LogP contribution in [0.4, 0.5) is 0 Å². The molecule has 2 aromatic rings. The second-order valence-electron chi connectivity index (χ2n) is 10.4. The lowest BCUT2D eigenvalue weighted by Crippen LogP contribution is -2.46. The van der Waals surface area contributed by atoms with Gasteiger partial charge in [-0.3, -0.25) is 10.2 Å². The maximum absolute atomic E-state index is 13.7. The Morgan fingerprint density at radius 2 is 2.06 bits per heavy atom. The molecule has 0 bridgehead atoms. The van der Waals surface area contributed by atoms with E-state index in [1.54, 1.807) is 12.1 Å². The average molecular weight is 481 g/mol. The Morgan fingerprint density at radius 1 is 1.28 bits per heavy atom. The van der Waals surface area contributed by atoms with Crippen molar-refractivity contribution in [2.24, 2.45) is 17.4 Å². The third-order valence-corrected chi connectivity index (χ3v) is 7.71. The zero-order valence-electron chi connectivity index (χ0n) is 20.6. The van der Waals surface area contributed by atoms with Gasteiger partial charge in [0.05, 0.1) is 11.1 Å². The number of nitrogen functional groups attached to an aromatic ring is 1. The minimum absolute atomic E-state index is 0.0207. The zero-order valence-corrected chi connectivity index (χ0v) is 20.6. The van der Waals surface area contributed by atoms with E-state index < -0.39 is 0 Å². The van der Waals surface area contributed by atoms with Crippen LogP contribution < -0.4 is 16.8 Å². The Balaban J connectivity index is 1.59. The van der Waals surface area contributed by atoms with Gasteiger partial charge in [-0.2, -0.15) is 5.26 Å². The van der Waals surface area contributed by atoms with E-state index in [2.05, 4.69) is 54.8 Å². The maximum Gasteiger partial charge on any atom is 0.269 e. The van der Waals surface area contributed by atoms with Gasteiger partial charge < -0.3 is 21.4 Å². The third-order valence-electron chi connectivity index (χ3n) is 7.71. The van der Waals surface area contributed by atoms with Gasteiger partial charge in [-0.25, -0.2) is 0 Å². The van der Waals surface area contributed by atoms with E-state index in [-0.39, 0.29) is 23.3 Å². The minimum atomic E-state index is -0.251. The number of benzene rings is 1. The number of nitriles is 1. The topological polar surface area (TPSA) is 134 Å². The molecule has 5 rings (SSSR count). The fourth-order valence-corrected chi connectivity index (χ4v) is 5.60. The van der Waals surface area contributed by atoms with E-state index in [4.69, 9.17) is 16.9 Å². The van der Waals surface area contributed by atoms with Crippen molar-refractivity contribution in [3.05, 3.63) is 82.6 Å². The normalized spacial score (nSPS) is 25.0. The molecule has 36 heavy (non-hydrogen) atoms. The molecule has 1 unspecified atom stereocenters. The molecule has 1 saturated carbocycles. The Labute approximate surface area is 211 Å². The van der Waals surface area contributed by atoms with Crippen LogP contribution in [0.3, 0.4) is 0 Å². The maximum atomic E-state index is 13.7. The van der Waals surface area contributed by atoms with Crippen molar-refractivity contribution in [2.75, 3.05) is 0 Å². The molecular weight excluding hydrogens is 448 g/mol. The van der Waals surface area contributed by atoms with E-state index in [1.807, 2.05) is 10.6 Å². The van der Waals surface area contributed by atoms with Crippen molar-refractivity contribution in [1.29, 1.82) is 10.7 Å². The fraction of sp³-hybridized carbons (Fsp3) is 0.345. The van der Waals surface area contributed by atoms with Crippen molar-refractivity contribution in [1.82, 2.24) is 9.88 Å². The van der Waals surface area contributed by atoms with E-state index in [0.29, 0.717) is 34.7 Å². The average Bonchev–Trinajstić information content (AvgIpc) is 3.18. The monoisotopic (exact) mass is 480 g/mol. The predicted octanol–water partition coefficient (Wildman–Crippen LogP) is 4.19. The Bertz CT molecular complexity index is 1400. The highest BCUT2D eigenvalue weighted by atomic mass is 16.2. The van der Waals surface area contributed by atoms with Crippen molar-refractivity contribution < 1.29 is 4.79 Å². The molecule has 0 spiro atoms. The van der Waals surface area contributed by atoms with Gasteiger partial charge in [0.25, 0.3) is 5.91 Å². The lowest BCUT2D eigenvalue weighted by molar-refractivity contribution is 0.0910. The number of hydrogen-bond acceptors (Lipinski definition) is 4. The van der Waals surface area contributed by atoms with E-state index >= 15 is 0 Å². The van der Waals surface area contributed by atoms with Gasteiger partial charge in [0.1, 0.15) is 17.6 Å². The Kier molecular flexibility index (Phi) is 6.15. The molecule has 3 aliphatic carbocycles. The second-order valence-corrected chi connectivity index (χ2v) is 10.4. The van der Waals surface area contributed by atoms with Gasteiger partial charge >= 0.3 is 0 Å². The summed E-state index contributed by atoms with van der Waals surface area (Å²) in [7, 11) is 0. The lowest BCUT2D eigenvalue weighted by Gasteiger charge is -2.34. The summed E-state index contributed by atoms with van der Waals surface area (Å²) in [6.07, 6.45) is 17.0. The van der Waals surface area contributed by atoms with Crippen LogP contribution in [0, 0.1) is 22.7 Å². The number of nitrogens with one attached hydrogen (secondary N) is 2. The van der Waals surface area contributed by atoms with Crippen LogP contribution >= 0.6 is 0 Å². The van der Waals surface area contributed by atoms with E-state index in [1.165, 1.54) is 5.57 Å². The number of fused-ring (bicyclic) bond motifs is 2. The SMILES string of the molecule is CC1(N)CCC(NC(=O)c2c(C#N)c3ccc(C(=N)N)cc3n2CC2=CC=CC3CC=CC=C23)CC1. The molecule has 6 N–H and O–H groups in total. The second kappa shape index (κ2) is 9.29. The van der Waals surface area contributed by atoms with Crippen molar-refractivity contribution in [3.8, 4) is 6.07 Å². The number of aromatic nitrogens is 1. The smallest absolute Gasteiger partial charge is 0.269 e. The summed E-state index contributed by atoms with van der Waals surface area (Å²) < 4.78 is 1.92. The number of rotatable bonds is 5. The van der Waals surface area contributed by atoms with Crippen LogP contribution in [0.15, 0.2) is 65.8 Å². The third kappa shape index (κ3) is 4.40. The van der Waals surface area contributed by atoms with Crippen LogP contribution in [0.5, 0.6) is 0 Å². The summed E-state index contributed by atoms with van der Waals surface area (Å²) in [5.74, 6) is 0.00473. The number of carbonyl (C=O) groups is 1. The van der Waals surface area contributed by atoms with Gasteiger partial charge in [-0.15, -0.1) is 0 Å². The van der Waals surface area contributed by atoms with Crippen LogP contribution in [0.1, 0.15) is 60.6 Å². The van der Waals surface area contributed by atoms with Gasteiger partial charge in [0.15, 0.2) is 0 Å². The first-order chi connectivity index (χ1) is 17.3. The highest BCUT2D eigenvalue weighted by Crippen LogP contribution is 2.35. The zero-order chi connectivity index (χ0) is 25.4. The minimum Gasteiger partial charge on any atom is -0.384 e. The number of hydrogen-bond donors (Lipinski definition) is 4. The molecule has 1 aromatic heterocycles. The Hall–Kier alpha value is -3.89. The number of allylic oxidation sites excluding steroid dienone is 8. The fourth-order valence-electron chi connectivity index (χ4n) is 5.60. The molecular formula is C29H32N6O. The summed E-state index contributed by atoms with van der Waals surface area (Å²) in [4.78, 5) is 13.7. The molecule has 7 nitrogen and oxygen atoms in total. The molecule has 0 radical (unpaired) electrons. The molecule has 1 fully saturated rings. The largest absolute Gasteiger partial charge is 0.384 e. The van der Waals surface area contributed by atoms with Gasteiger partial charge in [-0.1, -0.05) is 48.6 Å². The molecule has 3 aliphatic rings. The lowest BCUT2D eigenvalue weighted by atomic mass is 9.81. The molecule has 184 valence electrons. The van der Waals surface area contributed by atoms with Crippen LogP contribution in [-0.4, -0.2) is 27.9 Å². The summed E-state index contributed by atoms with van der Waals surface area (Å²) in [5, 5.41) is 21.9. The summed E-state index contributed by atoms with van der Waals surface area (Å²) >= 11 is 0. The number of nitrogens with zero attached hydrogens (tertiary/aromatic N) is 2. The molecule has 1 aromatic carbocycles. The standard InChI is InChI=1S/C29H32N6O/c1-29(33)13-11-21(12-14-29)34-28(36)26-24(16-30)23-10-9-19(27(31)32)15-25(23)35(26)17-20-7-4-6-18-5-2-3-8-22(18)20/h2-4,6-10,15,18,21H,5,11-14,17,33H2,1H3,(H3,31,32)(H,34,36). The summed E-state index contributed by atoms with van der Waals surface area (Å²) in [6.45, 7) is 2.49. The van der Waals surface area contributed by atoms with Gasteiger partial charge in [0, 0.05) is 35.0 Å². The summed E-state index contributed by atoms with van der Waals surface area (Å²) in [6, 6.07) is 7.64. The van der Waals surface area contributed by atoms with E-state index in [9.17, 15) is 10.1 Å². The highest BCUT2D eigenvalue weighted by Gasteiger charge is 2.31. The van der Waals surface area contributed by atoms with Crippen LogP contribution in [-0.2, 0) is 6.54 Å². The number of carbonyl (C=O) groups excluding carboxylic acids is 1. The van der Waals surface area contributed by atoms with Gasteiger partial charge in [0.2, 0.25) is 0 Å². The number of amides is 1. The molecule has 1 heterocycles. The molecule has 0 saturated heterocycles. The van der Waals surface area contributed by atoms with E-state index in [0.717, 1.165) is 43.2 Å². The van der Waals surface area contributed by atoms with Gasteiger partial charge in [-0.05, 0) is 56.2 Å². The van der Waals surface area contributed by atoms with Crippen molar-refractivity contribution in [2.45, 2.75) is 57.2 Å². The predicted molar refractivity (Wildman–Crippen MR) is 143 cm³/mol. The molecule has 1 amide bonds. The van der Waals surface area contributed by atoms with Crippen LogP contribution in [0.2, 0.25) is 0 Å². The van der Waals surface area contributed by atoms with Crippen molar-refractivity contribution in [3.63, 3.8) is 0 Å². The van der Waals surface area contributed by atoms with Crippen molar-refractivity contribution >= 4 is 22.6 Å².